The summed E-state index contributed by atoms with van der Waals surface area (Å²) in [4.78, 5) is 15.9. The summed E-state index contributed by atoms with van der Waals surface area (Å²) in [5.74, 6) is -1.59. The van der Waals surface area contributed by atoms with Gasteiger partial charge in [0, 0.05) is 12.3 Å². The van der Waals surface area contributed by atoms with E-state index in [-0.39, 0.29) is 23.9 Å². The molecule has 1 aromatic heterocycles. The van der Waals surface area contributed by atoms with Crippen molar-refractivity contribution in [3.63, 3.8) is 0 Å². The normalized spacial score (nSPS) is 15.4. The molecule has 1 N–H and O–H groups in total. The quantitative estimate of drug-likeness (QED) is 0.788. The molecule has 0 bridgehead atoms. The van der Waals surface area contributed by atoms with Gasteiger partial charge in [-0.15, -0.1) is 0 Å². The number of halogens is 4. The van der Waals surface area contributed by atoms with Crippen LogP contribution in [-0.2, 0) is 6.61 Å². The lowest BCUT2D eigenvalue weighted by molar-refractivity contribution is -0.158. The molecule has 0 saturated heterocycles. The number of carbonyl (C=O) groups excluding carboxylic acids is 1. The fraction of sp³-hybridized carbons (Fsp3) is 0.333. The molecule has 138 valence electrons. The maximum absolute atomic E-state index is 13.1. The van der Waals surface area contributed by atoms with E-state index < -0.39 is 24.0 Å². The number of benzene rings is 1. The summed E-state index contributed by atoms with van der Waals surface area (Å²) < 4.78 is 57.4. The van der Waals surface area contributed by atoms with E-state index in [0.29, 0.717) is 18.4 Å². The third kappa shape index (κ3) is 4.71. The molecule has 1 aromatic carbocycles. The molecule has 0 spiro atoms. The first-order valence-corrected chi connectivity index (χ1v) is 8.04. The Balaban J connectivity index is 1.59. The second-order valence-corrected chi connectivity index (χ2v) is 6.13. The zero-order valence-electron chi connectivity index (χ0n) is 13.6. The van der Waals surface area contributed by atoms with Crippen LogP contribution in [0.2, 0.25) is 0 Å². The lowest BCUT2D eigenvalue weighted by atomic mass is 10.1. The maximum Gasteiger partial charge on any atom is 0.408 e. The highest BCUT2D eigenvalue weighted by Crippen LogP contribution is 2.40. The number of hydrogen-bond acceptors (Lipinski definition) is 3. The van der Waals surface area contributed by atoms with E-state index >= 15 is 0 Å². The first-order chi connectivity index (χ1) is 12.3. The van der Waals surface area contributed by atoms with Gasteiger partial charge in [0.1, 0.15) is 18.5 Å². The topological polar surface area (TPSA) is 51.2 Å². The van der Waals surface area contributed by atoms with Crippen molar-refractivity contribution >= 4 is 5.91 Å². The molecule has 0 unspecified atom stereocenters. The molecule has 26 heavy (non-hydrogen) atoms. The van der Waals surface area contributed by atoms with Crippen LogP contribution in [0, 0.1) is 11.7 Å². The van der Waals surface area contributed by atoms with Crippen molar-refractivity contribution in [3.05, 3.63) is 59.5 Å². The van der Waals surface area contributed by atoms with E-state index in [4.69, 9.17) is 4.74 Å². The van der Waals surface area contributed by atoms with Crippen LogP contribution >= 0.6 is 0 Å². The number of rotatable bonds is 6. The average Bonchev–Trinajstić information content (AvgIpc) is 3.42. The number of nitrogens with zero attached hydrogens (tertiary/aromatic N) is 1. The Morgan fingerprint density at radius 2 is 2.04 bits per heavy atom. The predicted octanol–water partition coefficient (Wildman–Crippen LogP) is 3.87. The van der Waals surface area contributed by atoms with Gasteiger partial charge >= 0.3 is 6.18 Å². The van der Waals surface area contributed by atoms with Crippen LogP contribution in [0.4, 0.5) is 17.6 Å². The summed E-state index contributed by atoms with van der Waals surface area (Å²) in [6, 6.07) is 6.74. The Kier molecular flexibility index (Phi) is 5.11. The molecule has 1 atom stereocenters. The second-order valence-electron chi connectivity index (χ2n) is 6.13. The van der Waals surface area contributed by atoms with Gasteiger partial charge < -0.3 is 10.1 Å². The van der Waals surface area contributed by atoms with Crippen LogP contribution in [0.3, 0.4) is 0 Å². The Labute approximate surface area is 147 Å². The number of aromatic nitrogens is 1. The van der Waals surface area contributed by atoms with Crippen LogP contribution in [0.25, 0.3) is 0 Å². The molecule has 4 nitrogen and oxygen atoms in total. The molecule has 1 aliphatic carbocycles. The minimum Gasteiger partial charge on any atom is -0.473 e. The molecule has 1 saturated carbocycles. The van der Waals surface area contributed by atoms with Gasteiger partial charge in [0.05, 0.1) is 5.56 Å². The summed E-state index contributed by atoms with van der Waals surface area (Å²) >= 11 is 0. The van der Waals surface area contributed by atoms with Crippen molar-refractivity contribution in [1.82, 2.24) is 10.3 Å². The largest absolute Gasteiger partial charge is 0.473 e. The van der Waals surface area contributed by atoms with Crippen LogP contribution in [0.5, 0.6) is 5.88 Å². The highest BCUT2D eigenvalue weighted by atomic mass is 19.4. The monoisotopic (exact) mass is 368 g/mol. The van der Waals surface area contributed by atoms with Gasteiger partial charge in [-0.3, -0.25) is 4.79 Å². The zero-order chi connectivity index (χ0) is 18.7. The number of amides is 1. The minimum atomic E-state index is -4.47. The smallest absolute Gasteiger partial charge is 0.408 e. The number of nitrogens with one attached hydrogen (secondary N) is 1. The predicted molar refractivity (Wildman–Crippen MR) is 85.0 cm³/mol. The van der Waals surface area contributed by atoms with Crippen LogP contribution in [0.1, 0.15) is 28.8 Å². The van der Waals surface area contributed by atoms with Crippen molar-refractivity contribution in [1.29, 1.82) is 0 Å². The van der Waals surface area contributed by atoms with Gasteiger partial charge in [-0.2, -0.15) is 13.2 Å². The number of carbonyl (C=O) groups is 1. The Bertz CT molecular complexity index is 774. The van der Waals surface area contributed by atoms with Crippen molar-refractivity contribution in [3.8, 4) is 5.88 Å². The van der Waals surface area contributed by atoms with Gasteiger partial charge in [-0.05, 0) is 42.5 Å². The van der Waals surface area contributed by atoms with Crippen LogP contribution < -0.4 is 10.1 Å². The summed E-state index contributed by atoms with van der Waals surface area (Å²) in [6.45, 7) is 0.0775. The maximum atomic E-state index is 13.1. The van der Waals surface area contributed by atoms with E-state index in [0.717, 1.165) is 6.20 Å². The van der Waals surface area contributed by atoms with Gasteiger partial charge in [-0.1, -0.05) is 12.1 Å². The third-order valence-electron chi connectivity index (χ3n) is 4.01. The average molecular weight is 368 g/mol. The van der Waals surface area contributed by atoms with Crippen LogP contribution in [0.15, 0.2) is 42.6 Å². The van der Waals surface area contributed by atoms with Crippen LogP contribution in [-0.4, -0.2) is 23.1 Å². The fourth-order valence-corrected chi connectivity index (χ4v) is 2.51. The first-order valence-electron chi connectivity index (χ1n) is 8.04. The van der Waals surface area contributed by atoms with Crippen molar-refractivity contribution in [2.75, 3.05) is 0 Å². The van der Waals surface area contributed by atoms with E-state index in [1.165, 1.54) is 24.3 Å². The minimum absolute atomic E-state index is 0.0120. The number of pyridine rings is 1. The molecule has 2 aromatic rings. The summed E-state index contributed by atoms with van der Waals surface area (Å²) in [5.41, 5.74) is 0.615. The lowest BCUT2D eigenvalue weighted by Gasteiger charge is -2.21. The van der Waals surface area contributed by atoms with Gasteiger partial charge in [-0.25, -0.2) is 9.37 Å². The number of ether oxygens (including phenoxy) is 1. The van der Waals surface area contributed by atoms with Crippen molar-refractivity contribution in [2.45, 2.75) is 31.7 Å². The first kappa shape index (κ1) is 18.2. The molecule has 1 fully saturated rings. The highest BCUT2D eigenvalue weighted by Gasteiger charge is 2.49. The van der Waals surface area contributed by atoms with E-state index in [2.05, 4.69) is 4.98 Å². The second kappa shape index (κ2) is 7.31. The number of alkyl halides is 3. The summed E-state index contributed by atoms with van der Waals surface area (Å²) in [6.07, 6.45) is -2.42. The third-order valence-corrected chi connectivity index (χ3v) is 4.01. The molecule has 0 aliphatic heterocycles. The molecule has 3 rings (SSSR count). The standard InChI is InChI=1S/C18H16F4N2O2/c19-14-3-1-2-11(8-14)10-26-15-7-6-13(9-23-15)17(25)24-16(12-4-5-12)18(20,21)22/h1-3,6-9,12,16H,4-5,10H2,(H,24,25)/t16-/m0/s1. The SMILES string of the molecule is O=C(N[C@@H](C1CC1)C(F)(F)F)c1ccc(OCc2cccc(F)c2)nc1. The van der Waals surface area contributed by atoms with E-state index in [9.17, 15) is 22.4 Å². The van der Waals surface area contributed by atoms with E-state index in [1.807, 2.05) is 5.32 Å². The molecular weight excluding hydrogens is 352 g/mol. The van der Waals surface area contributed by atoms with Crippen molar-refractivity contribution in [2.24, 2.45) is 5.92 Å². The summed E-state index contributed by atoms with van der Waals surface area (Å²) in [7, 11) is 0. The Morgan fingerprint density at radius 1 is 1.27 bits per heavy atom. The van der Waals surface area contributed by atoms with Gasteiger partial charge in [0.15, 0.2) is 0 Å². The molecule has 8 heteroatoms. The van der Waals surface area contributed by atoms with Gasteiger partial charge in [0.25, 0.3) is 5.91 Å². The molecule has 0 radical (unpaired) electrons. The zero-order valence-corrected chi connectivity index (χ0v) is 13.6. The summed E-state index contributed by atoms with van der Waals surface area (Å²) in [5, 5.41) is 2.03. The number of hydrogen-bond donors (Lipinski definition) is 1. The van der Waals surface area contributed by atoms with Gasteiger partial charge in [0.2, 0.25) is 5.88 Å². The van der Waals surface area contributed by atoms with E-state index in [1.54, 1.807) is 12.1 Å². The molecule has 1 heterocycles. The molecular formula is C18H16F4N2O2. The molecule has 1 aliphatic rings. The Morgan fingerprint density at radius 3 is 2.62 bits per heavy atom. The molecule has 1 amide bonds. The highest BCUT2D eigenvalue weighted by molar-refractivity contribution is 5.94. The Hall–Kier alpha value is -2.64. The van der Waals surface area contributed by atoms with Crippen molar-refractivity contribution < 1.29 is 27.1 Å². The lowest BCUT2D eigenvalue weighted by Crippen LogP contribution is -2.46. The fourth-order valence-electron chi connectivity index (χ4n) is 2.51.